The van der Waals surface area contributed by atoms with Gasteiger partial charge in [-0.05, 0) is 30.5 Å². The van der Waals surface area contributed by atoms with Crippen molar-refractivity contribution in [2.24, 2.45) is 0 Å². The second kappa shape index (κ2) is 9.41. The molecule has 0 bridgehead atoms. The van der Waals surface area contributed by atoms with Gasteiger partial charge in [0.25, 0.3) is 11.8 Å². The first-order valence-corrected chi connectivity index (χ1v) is 10.5. The van der Waals surface area contributed by atoms with E-state index in [-0.39, 0.29) is 17.5 Å². The zero-order chi connectivity index (χ0) is 19.2. The predicted molar refractivity (Wildman–Crippen MR) is 107 cm³/mol. The van der Waals surface area contributed by atoms with Gasteiger partial charge in [0.2, 0.25) is 0 Å². The van der Waals surface area contributed by atoms with Crippen molar-refractivity contribution in [3.63, 3.8) is 0 Å². The molecule has 0 atom stereocenters. The van der Waals surface area contributed by atoms with Crippen LogP contribution in [0.5, 0.6) is 0 Å². The summed E-state index contributed by atoms with van der Waals surface area (Å²) >= 11 is 5.92. The molecule has 27 heavy (non-hydrogen) atoms. The fourth-order valence-electron chi connectivity index (χ4n) is 4.14. The third kappa shape index (κ3) is 4.73. The van der Waals surface area contributed by atoms with Crippen LogP contribution in [0.15, 0.2) is 30.0 Å². The zero-order valence-electron chi connectivity index (χ0n) is 15.8. The van der Waals surface area contributed by atoms with Gasteiger partial charge in [0.15, 0.2) is 5.76 Å². The molecule has 1 aliphatic heterocycles. The average molecular weight is 390 g/mol. The minimum atomic E-state index is -0.554. The quantitative estimate of drug-likeness (QED) is 0.664. The molecule has 2 aliphatic rings. The van der Waals surface area contributed by atoms with Gasteiger partial charge in [-0.1, -0.05) is 81.5 Å². The van der Waals surface area contributed by atoms with E-state index in [0.29, 0.717) is 10.6 Å². The van der Waals surface area contributed by atoms with E-state index in [1.165, 1.54) is 37.0 Å². The van der Waals surface area contributed by atoms with Crippen LogP contribution < -0.4 is 0 Å². The molecule has 1 aliphatic carbocycles. The molecule has 146 valence electrons. The third-order valence-corrected chi connectivity index (χ3v) is 5.92. The lowest BCUT2D eigenvalue weighted by molar-refractivity contribution is -0.141. The second-order valence-corrected chi connectivity index (χ2v) is 8.06. The van der Waals surface area contributed by atoms with Crippen LogP contribution in [0.3, 0.4) is 0 Å². The summed E-state index contributed by atoms with van der Waals surface area (Å²) in [5.74, 6) is -1.37. The van der Waals surface area contributed by atoms with E-state index in [4.69, 9.17) is 11.6 Å². The van der Waals surface area contributed by atoms with Crippen molar-refractivity contribution in [2.75, 3.05) is 0 Å². The Hall–Kier alpha value is -1.81. The molecule has 1 heterocycles. The van der Waals surface area contributed by atoms with E-state index >= 15 is 0 Å². The number of aliphatic hydroxyl groups is 1. The van der Waals surface area contributed by atoms with Crippen molar-refractivity contribution in [1.29, 1.82) is 0 Å². The van der Waals surface area contributed by atoms with E-state index in [2.05, 4.69) is 0 Å². The number of aliphatic hydroxyl groups excluding tert-OH is 1. The molecule has 0 unspecified atom stereocenters. The molecule has 1 N–H and O–H groups in total. The minimum absolute atomic E-state index is 0.0998. The Morgan fingerprint density at radius 3 is 1.78 bits per heavy atom. The first kappa shape index (κ1) is 19.9. The zero-order valence-corrected chi connectivity index (χ0v) is 16.5. The standard InChI is InChI=1S/C22H28ClNO3/c23-17-14-12-16(13-15-17)19-20(25)22(27)24(21(19)26)18-10-8-6-4-2-1-3-5-7-9-11-18/h12-15,18,25H,1-11H2. The van der Waals surface area contributed by atoms with Crippen LogP contribution >= 0.6 is 11.6 Å². The van der Waals surface area contributed by atoms with E-state index < -0.39 is 11.7 Å². The van der Waals surface area contributed by atoms with Gasteiger partial charge in [-0.2, -0.15) is 0 Å². The first-order chi connectivity index (χ1) is 13.1. The fraction of sp³-hybridized carbons (Fsp3) is 0.545. The molecule has 4 nitrogen and oxygen atoms in total. The lowest BCUT2D eigenvalue weighted by Gasteiger charge is -2.27. The number of hydrogen-bond donors (Lipinski definition) is 1. The number of nitrogens with zero attached hydrogens (tertiary/aromatic N) is 1. The maximum absolute atomic E-state index is 13.0. The summed E-state index contributed by atoms with van der Waals surface area (Å²) in [4.78, 5) is 27.1. The summed E-state index contributed by atoms with van der Waals surface area (Å²) in [6.45, 7) is 0. The Balaban J connectivity index is 1.77. The maximum Gasteiger partial charge on any atom is 0.296 e. The summed E-state index contributed by atoms with van der Waals surface area (Å²) in [5.41, 5.74) is 0.633. The minimum Gasteiger partial charge on any atom is -0.502 e. The molecule has 2 amide bonds. The number of halogens is 1. The van der Waals surface area contributed by atoms with Crippen molar-refractivity contribution in [3.05, 3.63) is 40.6 Å². The van der Waals surface area contributed by atoms with E-state index in [1.54, 1.807) is 24.3 Å². The Morgan fingerprint density at radius 2 is 1.26 bits per heavy atom. The Kier molecular flexibility index (Phi) is 6.95. The first-order valence-electron chi connectivity index (χ1n) is 10.2. The Bertz CT molecular complexity index is 699. The monoisotopic (exact) mass is 389 g/mol. The predicted octanol–water partition coefficient (Wildman–Crippen LogP) is 5.65. The van der Waals surface area contributed by atoms with Gasteiger partial charge in [-0.25, -0.2) is 0 Å². The molecule has 3 rings (SSSR count). The summed E-state index contributed by atoms with van der Waals surface area (Å²) in [5, 5.41) is 10.9. The number of hydrogen-bond acceptors (Lipinski definition) is 3. The molecule has 5 heteroatoms. The average Bonchev–Trinajstić information content (AvgIpc) is 2.86. The van der Waals surface area contributed by atoms with Crippen LogP contribution in [-0.2, 0) is 9.59 Å². The van der Waals surface area contributed by atoms with Gasteiger partial charge in [0.05, 0.1) is 5.57 Å². The molecule has 0 aromatic heterocycles. The van der Waals surface area contributed by atoms with Crippen LogP contribution in [0, 0.1) is 0 Å². The highest BCUT2D eigenvalue weighted by molar-refractivity contribution is 6.35. The maximum atomic E-state index is 13.0. The van der Waals surface area contributed by atoms with Gasteiger partial charge in [0, 0.05) is 11.1 Å². The molecule has 1 aromatic carbocycles. The van der Waals surface area contributed by atoms with Crippen molar-refractivity contribution < 1.29 is 14.7 Å². The molecule has 1 saturated carbocycles. The highest BCUT2D eigenvalue weighted by atomic mass is 35.5. The third-order valence-electron chi connectivity index (χ3n) is 5.66. The molecule has 1 aromatic rings. The molecule has 0 spiro atoms. The van der Waals surface area contributed by atoms with Gasteiger partial charge in [-0.15, -0.1) is 0 Å². The smallest absolute Gasteiger partial charge is 0.296 e. The number of benzene rings is 1. The summed E-state index contributed by atoms with van der Waals surface area (Å²) in [6, 6.07) is 6.53. The van der Waals surface area contributed by atoms with Gasteiger partial charge < -0.3 is 5.11 Å². The molecular formula is C22H28ClNO3. The Morgan fingerprint density at radius 1 is 0.778 bits per heavy atom. The van der Waals surface area contributed by atoms with E-state index in [1.807, 2.05) is 0 Å². The number of amides is 2. The van der Waals surface area contributed by atoms with Crippen LogP contribution in [0.2, 0.25) is 5.02 Å². The number of carbonyl (C=O) groups is 2. The Labute approximate surface area is 166 Å². The highest BCUT2D eigenvalue weighted by Gasteiger charge is 2.42. The van der Waals surface area contributed by atoms with Crippen LogP contribution in [-0.4, -0.2) is 27.9 Å². The molecule has 0 radical (unpaired) electrons. The number of rotatable bonds is 2. The van der Waals surface area contributed by atoms with Crippen LogP contribution in [0.25, 0.3) is 5.57 Å². The summed E-state index contributed by atoms with van der Waals surface area (Å²) in [7, 11) is 0. The van der Waals surface area contributed by atoms with Gasteiger partial charge in [-0.3, -0.25) is 14.5 Å². The van der Waals surface area contributed by atoms with Crippen molar-refractivity contribution in [1.82, 2.24) is 4.90 Å². The SMILES string of the molecule is O=C1C(O)=C(c2ccc(Cl)cc2)C(=O)N1C1CCCCCCCCCCC1. The summed E-state index contributed by atoms with van der Waals surface area (Å²) in [6.07, 6.45) is 12.2. The van der Waals surface area contributed by atoms with Crippen LogP contribution in [0.1, 0.15) is 76.2 Å². The molecule has 1 fully saturated rings. The van der Waals surface area contributed by atoms with Gasteiger partial charge in [0.1, 0.15) is 0 Å². The largest absolute Gasteiger partial charge is 0.502 e. The summed E-state index contributed by atoms with van der Waals surface area (Å²) < 4.78 is 0. The number of carbonyl (C=O) groups excluding carboxylic acids is 2. The van der Waals surface area contributed by atoms with Crippen LogP contribution in [0.4, 0.5) is 0 Å². The highest BCUT2D eigenvalue weighted by Crippen LogP contribution is 2.33. The van der Waals surface area contributed by atoms with E-state index in [0.717, 1.165) is 38.5 Å². The van der Waals surface area contributed by atoms with Crippen molar-refractivity contribution >= 4 is 29.0 Å². The molecular weight excluding hydrogens is 362 g/mol. The van der Waals surface area contributed by atoms with Crippen molar-refractivity contribution in [3.8, 4) is 0 Å². The normalized spacial score (nSPS) is 21.3. The van der Waals surface area contributed by atoms with E-state index in [9.17, 15) is 14.7 Å². The lowest BCUT2D eigenvalue weighted by atomic mass is 9.96. The van der Waals surface area contributed by atoms with Gasteiger partial charge >= 0.3 is 0 Å². The lowest BCUT2D eigenvalue weighted by Crippen LogP contribution is -2.41. The number of imide groups is 1. The fourth-order valence-corrected chi connectivity index (χ4v) is 4.27. The molecule has 0 saturated heterocycles. The van der Waals surface area contributed by atoms with Crippen molar-refractivity contribution in [2.45, 2.75) is 76.7 Å². The second-order valence-electron chi connectivity index (χ2n) is 7.62. The topological polar surface area (TPSA) is 57.6 Å².